The van der Waals surface area contributed by atoms with Crippen molar-refractivity contribution in [2.24, 2.45) is 5.92 Å². The quantitative estimate of drug-likeness (QED) is 0.0878. The number of amides is 3. The van der Waals surface area contributed by atoms with E-state index in [1.807, 2.05) is 86.6 Å². The zero-order valence-corrected chi connectivity index (χ0v) is 40.6. The minimum absolute atomic E-state index is 0.0868. The van der Waals surface area contributed by atoms with E-state index in [1.54, 1.807) is 11.0 Å². The highest BCUT2D eigenvalue weighted by Gasteiger charge is 2.44. The molecule has 356 valence electrons. The fraction of sp³-hybridized carbons (Fsp3) is 0.414. The topological polar surface area (TPSA) is 105 Å². The second kappa shape index (κ2) is 22.5. The monoisotopic (exact) mass is 935 g/mol. The van der Waals surface area contributed by atoms with Crippen LogP contribution in [0, 0.1) is 5.92 Å². The average molecular weight is 937 g/mol. The van der Waals surface area contributed by atoms with Gasteiger partial charge in [0, 0.05) is 47.8 Å². The Bertz CT molecular complexity index is 2470. The maximum atomic E-state index is 14.9. The zero-order chi connectivity index (χ0) is 47.6. The molecule has 0 radical (unpaired) electrons. The molecule has 10 heteroatoms. The highest BCUT2D eigenvalue weighted by molar-refractivity contribution is 6.31. The molecule has 0 spiro atoms. The third-order valence-electron chi connectivity index (χ3n) is 14.4. The molecule has 68 heavy (non-hydrogen) atoms. The molecule has 1 N–H and O–H groups in total. The minimum atomic E-state index is -1.51. The van der Waals surface area contributed by atoms with E-state index >= 15 is 0 Å². The third kappa shape index (κ3) is 10.7. The highest BCUT2D eigenvalue weighted by atomic mass is 35.5. The standard InChI is InChI=1S/C58H66ClN3O6/c1-40(2)54(61(3)57(66)67-39-49-47-28-16-14-26-45(47)46-27-15-17-29-48(46)49)55(64)60-52(56(65)62-36-20-21-37-62)38-53(63)68-58(43-24-12-9-13-25-43,50-30-18-19-31-51(50)59)44-34-32-42(33-35-44)41-22-10-7-5-4-6-8-11-23-41/h9,12-19,24-35,40-41,49,52,54H,4-8,10-11,20-23,36-39H2,1-3H3,(H,60,64)/t52-,54-,58?/m0/s1. The van der Waals surface area contributed by atoms with E-state index in [0.29, 0.717) is 40.7 Å². The van der Waals surface area contributed by atoms with Crippen molar-refractivity contribution in [3.63, 3.8) is 0 Å². The van der Waals surface area contributed by atoms with Gasteiger partial charge in [-0.25, -0.2) is 4.79 Å². The van der Waals surface area contributed by atoms with Crippen molar-refractivity contribution in [3.05, 3.63) is 166 Å². The average Bonchev–Trinajstić information content (AvgIpc) is 4.01. The van der Waals surface area contributed by atoms with Crippen LogP contribution >= 0.6 is 11.6 Å². The number of nitrogens with one attached hydrogen (secondary N) is 1. The van der Waals surface area contributed by atoms with Crippen molar-refractivity contribution in [2.45, 2.75) is 120 Å². The summed E-state index contributed by atoms with van der Waals surface area (Å²) in [5.41, 5.74) is 6.11. The fourth-order valence-electron chi connectivity index (χ4n) is 10.9. The number of benzene rings is 5. The SMILES string of the molecule is CC(C)[C@@H](C(=O)N[C@@H](CC(=O)OC(c1ccccc1)(c1ccc(C2CCCCCCCCC2)cc1)c1ccccc1Cl)C(=O)N1CCCC1)N(C)C(=O)OCC1c2ccccc2-c2ccccc21. The van der Waals surface area contributed by atoms with Gasteiger partial charge in [0.1, 0.15) is 18.7 Å². The molecule has 3 atom stereocenters. The lowest BCUT2D eigenvalue weighted by Gasteiger charge is -2.37. The molecule has 5 aromatic rings. The number of fused-ring (bicyclic) bond motifs is 3. The van der Waals surface area contributed by atoms with Gasteiger partial charge in [-0.2, -0.15) is 0 Å². The van der Waals surface area contributed by atoms with Crippen molar-refractivity contribution < 1.29 is 28.7 Å². The van der Waals surface area contributed by atoms with Crippen LogP contribution in [0.15, 0.2) is 127 Å². The molecule has 1 unspecified atom stereocenters. The lowest BCUT2D eigenvalue weighted by molar-refractivity contribution is -0.156. The molecule has 9 nitrogen and oxygen atoms in total. The van der Waals surface area contributed by atoms with Crippen molar-refractivity contribution in [3.8, 4) is 11.1 Å². The molecule has 2 fully saturated rings. The number of likely N-dealkylation sites (tertiary alicyclic amines) is 1. The van der Waals surface area contributed by atoms with E-state index in [-0.39, 0.29) is 24.3 Å². The first-order chi connectivity index (χ1) is 33.1. The molecule has 0 aromatic heterocycles. The Hall–Kier alpha value is -5.93. The number of rotatable bonds is 14. The normalized spacial score (nSPS) is 17.3. The van der Waals surface area contributed by atoms with Crippen LogP contribution in [0.25, 0.3) is 11.1 Å². The van der Waals surface area contributed by atoms with Crippen LogP contribution in [0.5, 0.6) is 0 Å². The second-order valence-corrected chi connectivity index (χ2v) is 19.7. The highest BCUT2D eigenvalue weighted by Crippen LogP contribution is 2.46. The molecule has 8 rings (SSSR count). The van der Waals surface area contributed by atoms with Crippen molar-refractivity contribution in [1.82, 2.24) is 15.1 Å². The smallest absolute Gasteiger partial charge is 0.410 e. The largest absolute Gasteiger partial charge is 0.448 e. The Balaban J connectivity index is 1.06. The maximum Gasteiger partial charge on any atom is 0.410 e. The Labute approximate surface area is 407 Å². The molecule has 1 saturated heterocycles. The van der Waals surface area contributed by atoms with Crippen LogP contribution < -0.4 is 5.32 Å². The van der Waals surface area contributed by atoms with Gasteiger partial charge < -0.3 is 19.7 Å². The predicted molar refractivity (Wildman–Crippen MR) is 268 cm³/mol. The number of likely N-dealkylation sites (N-methyl/N-ethyl adjacent to an activating group) is 1. The second-order valence-electron chi connectivity index (χ2n) is 19.3. The molecular formula is C58H66ClN3O6. The van der Waals surface area contributed by atoms with Crippen molar-refractivity contribution in [1.29, 1.82) is 0 Å². The summed E-state index contributed by atoms with van der Waals surface area (Å²) in [6.07, 6.45) is 11.6. The Kier molecular flexibility index (Phi) is 16.0. The number of halogens is 1. The molecule has 3 aliphatic rings. The molecule has 1 heterocycles. The number of carbonyl (C=O) groups is 4. The van der Waals surface area contributed by atoms with E-state index in [9.17, 15) is 19.2 Å². The van der Waals surface area contributed by atoms with Gasteiger partial charge in [0.2, 0.25) is 11.8 Å². The summed E-state index contributed by atoms with van der Waals surface area (Å²) < 4.78 is 12.8. The van der Waals surface area contributed by atoms with Gasteiger partial charge in [-0.3, -0.25) is 19.3 Å². The van der Waals surface area contributed by atoms with Crippen molar-refractivity contribution >= 4 is 35.5 Å². The molecular weight excluding hydrogens is 870 g/mol. The molecule has 3 amide bonds. The first kappa shape index (κ1) is 48.5. The van der Waals surface area contributed by atoms with Crippen molar-refractivity contribution in [2.75, 3.05) is 26.7 Å². The third-order valence-corrected chi connectivity index (χ3v) is 14.8. The van der Waals surface area contributed by atoms with Gasteiger partial charge in [-0.05, 0) is 71.4 Å². The zero-order valence-electron chi connectivity index (χ0n) is 39.8. The van der Waals surface area contributed by atoms with Crippen LogP contribution in [0.4, 0.5) is 4.79 Å². The number of esters is 1. The Morgan fingerprint density at radius 2 is 1.24 bits per heavy atom. The number of ether oxygens (including phenoxy) is 2. The number of nitrogens with zero attached hydrogens (tertiary/aromatic N) is 2. The van der Waals surface area contributed by atoms with Gasteiger partial charge in [-0.15, -0.1) is 0 Å². The molecule has 2 aliphatic carbocycles. The summed E-state index contributed by atoms with van der Waals surface area (Å²) in [5.74, 6) is -1.74. The van der Waals surface area contributed by atoms with E-state index in [2.05, 4.69) is 53.8 Å². The summed E-state index contributed by atoms with van der Waals surface area (Å²) in [7, 11) is 1.54. The van der Waals surface area contributed by atoms with Gasteiger partial charge in [0.25, 0.3) is 0 Å². The summed E-state index contributed by atoms with van der Waals surface area (Å²) in [6.45, 7) is 4.78. The molecule has 1 saturated carbocycles. The summed E-state index contributed by atoms with van der Waals surface area (Å²) in [6, 6.07) is 39.3. The lowest BCUT2D eigenvalue weighted by atomic mass is 9.78. The number of hydrogen-bond acceptors (Lipinski definition) is 6. The first-order valence-electron chi connectivity index (χ1n) is 24.9. The molecule has 5 aromatic carbocycles. The van der Waals surface area contributed by atoms with E-state index in [4.69, 9.17) is 21.1 Å². The first-order valence-corrected chi connectivity index (χ1v) is 25.2. The van der Waals surface area contributed by atoms with Crippen LogP contribution in [-0.2, 0) is 29.5 Å². The number of carbonyl (C=O) groups excluding carboxylic acids is 4. The molecule has 0 bridgehead atoms. The maximum absolute atomic E-state index is 14.9. The summed E-state index contributed by atoms with van der Waals surface area (Å²) in [4.78, 5) is 60.8. The molecule has 1 aliphatic heterocycles. The van der Waals surface area contributed by atoms with Crippen LogP contribution in [0.3, 0.4) is 0 Å². The predicted octanol–water partition coefficient (Wildman–Crippen LogP) is 12.2. The van der Waals surface area contributed by atoms with E-state index < -0.39 is 42.1 Å². The van der Waals surface area contributed by atoms with Gasteiger partial charge in [-0.1, -0.05) is 192 Å². The van der Waals surface area contributed by atoms with Crippen LogP contribution in [0.1, 0.15) is 136 Å². The minimum Gasteiger partial charge on any atom is -0.448 e. The van der Waals surface area contributed by atoms with Gasteiger partial charge >= 0.3 is 12.1 Å². The van der Waals surface area contributed by atoms with Gasteiger partial charge in [0.15, 0.2) is 5.60 Å². The summed E-state index contributed by atoms with van der Waals surface area (Å²) >= 11 is 7.09. The fourth-order valence-corrected chi connectivity index (χ4v) is 11.2. The van der Waals surface area contributed by atoms with Crippen LogP contribution in [0.2, 0.25) is 5.02 Å². The Morgan fingerprint density at radius 1 is 0.691 bits per heavy atom. The van der Waals surface area contributed by atoms with E-state index in [0.717, 1.165) is 47.9 Å². The summed E-state index contributed by atoms with van der Waals surface area (Å²) in [5, 5.41) is 3.35. The van der Waals surface area contributed by atoms with Crippen LogP contribution in [-0.4, -0.2) is 72.5 Å². The Morgan fingerprint density at radius 3 is 1.84 bits per heavy atom. The van der Waals surface area contributed by atoms with E-state index in [1.165, 1.54) is 62.5 Å². The number of hydrogen-bond donors (Lipinski definition) is 1. The lowest BCUT2D eigenvalue weighted by Crippen LogP contribution is -2.56. The van der Waals surface area contributed by atoms with Gasteiger partial charge in [0.05, 0.1) is 6.42 Å².